The number of ether oxygens (including phenoxy) is 1. The van der Waals surface area contributed by atoms with Crippen LogP contribution in [0, 0.1) is 5.92 Å². The molecule has 3 N–H and O–H groups in total. The molecule has 0 aromatic heterocycles. The van der Waals surface area contributed by atoms with Crippen LogP contribution in [0.2, 0.25) is 0 Å². The van der Waals surface area contributed by atoms with E-state index in [0.717, 1.165) is 0 Å². The molecule has 1 aromatic carbocycles. The summed E-state index contributed by atoms with van der Waals surface area (Å²) < 4.78 is 32.1. The van der Waals surface area contributed by atoms with Gasteiger partial charge in [0.2, 0.25) is 10.0 Å². The number of sulfonamides is 1. The minimum atomic E-state index is -3.74. The zero-order chi connectivity index (χ0) is 17.8. The highest BCUT2D eigenvalue weighted by Crippen LogP contribution is 2.22. The highest BCUT2D eigenvalue weighted by Gasteiger charge is 2.22. The van der Waals surface area contributed by atoms with Crippen LogP contribution >= 0.6 is 15.9 Å². The fraction of sp³-hybridized carbons (Fsp3) is 0.429. The summed E-state index contributed by atoms with van der Waals surface area (Å²) in [5, 5.41) is 0. The van der Waals surface area contributed by atoms with Crippen LogP contribution in [0.3, 0.4) is 0 Å². The van der Waals surface area contributed by atoms with E-state index in [1.807, 2.05) is 13.8 Å². The third-order valence-corrected chi connectivity index (χ3v) is 4.95. The number of hydrogen-bond donors (Lipinski definition) is 2. The number of halogens is 1. The van der Waals surface area contributed by atoms with Crippen LogP contribution in [0.5, 0.6) is 0 Å². The zero-order valence-corrected chi connectivity index (χ0v) is 15.4. The molecule has 0 aliphatic heterocycles. The van der Waals surface area contributed by atoms with Gasteiger partial charge in [0.05, 0.1) is 10.5 Å². The minimum Gasteiger partial charge on any atom is -0.449 e. The Balaban J connectivity index is 3.08. The Hall–Kier alpha value is -1.45. The number of benzene rings is 1. The summed E-state index contributed by atoms with van der Waals surface area (Å²) in [7, 11) is -3.74. The van der Waals surface area contributed by atoms with Gasteiger partial charge in [0.25, 0.3) is 5.91 Å². The van der Waals surface area contributed by atoms with Gasteiger partial charge in [-0.1, -0.05) is 13.8 Å². The molecule has 0 heterocycles. The molecule has 1 rings (SSSR count). The number of carbonyl (C=O) groups is 2. The van der Waals surface area contributed by atoms with Crippen molar-refractivity contribution in [1.29, 1.82) is 0 Å². The molecule has 0 spiro atoms. The monoisotopic (exact) mass is 406 g/mol. The average Bonchev–Trinajstić information content (AvgIpc) is 2.45. The standard InChI is InChI=1S/C14H19BrN2O5S/c1-8(2)7-17-23(20,21)10-4-5-12(15)11(6-10)14(19)22-9(3)13(16)18/h4-6,8-9,17H,7H2,1-3H3,(H2,16,18)/t9-/m1/s1. The van der Waals surface area contributed by atoms with Crippen LogP contribution in [0.1, 0.15) is 31.1 Å². The largest absolute Gasteiger partial charge is 0.449 e. The molecule has 0 saturated carbocycles. The second-order valence-corrected chi connectivity index (χ2v) is 7.96. The number of rotatable bonds is 7. The van der Waals surface area contributed by atoms with Gasteiger partial charge < -0.3 is 10.5 Å². The van der Waals surface area contributed by atoms with Crippen molar-refractivity contribution in [1.82, 2.24) is 4.72 Å². The Morgan fingerprint density at radius 2 is 1.91 bits per heavy atom. The minimum absolute atomic E-state index is 0.00878. The van der Waals surface area contributed by atoms with Crippen molar-refractivity contribution in [3.05, 3.63) is 28.2 Å². The first-order valence-corrected chi connectivity index (χ1v) is 9.11. The maximum absolute atomic E-state index is 12.2. The van der Waals surface area contributed by atoms with Crippen LogP contribution in [0.25, 0.3) is 0 Å². The maximum atomic E-state index is 12.2. The summed E-state index contributed by atoms with van der Waals surface area (Å²) in [6.07, 6.45) is -1.12. The average molecular weight is 407 g/mol. The molecule has 0 radical (unpaired) electrons. The van der Waals surface area contributed by atoms with E-state index in [1.165, 1.54) is 25.1 Å². The van der Waals surface area contributed by atoms with Gasteiger partial charge in [0, 0.05) is 11.0 Å². The molecule has 1 atom stereocenters. The molecular weight excluding hydrogens is 388 g/mol. The molecule has 1 aromatic rings. The Labute approximate surface area is 143 Å². The number of nitrogens with two attached hydrogens (primary N) is 1. The maximum Gasteiger partial charge on any atom is 0.340 e. The third kappa shape index (κ3) is 5.60. The normalized spacial score (nSPS) is 12.9. The van der Waals surface area contributed by atoms with Crippen LogP contribution in [0.4, 0.5) is 0 Å². The summed E-state index contributed by atoms with van der Waals surface area (Å²) in [6.45, 7) is 5.35. The molecule has 0 saturated heterocycles. The fourth-order valence-corrected chi connectivity index (χ4v) is 3.12. The predicted octanol–water partition coefficient (Wildman–Crippen LogP) is 1.41. The number of amides is 1. The Kier molecular flexibility index (Phi) is 6.72. The van der Waals surface area contributed by atoms with E-state index in [-0.39, 0.29) is 22.9 Å². The van der Waals surface area contributed by atoms with Gasteiger partial charge in [-0.15, -0.1) is 0 Å². The van der Waals surface area contributed by atoms with Crippen molar-refractivity contribution in [2.45, 2.75) is 31.8 Å². The molecule has 9 heteroatoms. The Morgan fingerprint density at radius 1 is 1.30 bits per heavy atom. The predicted molar refractivity (Wildman–Crippen MR) is 88.2 cm³/mol. The highest BCUT2D eigenvalue weighted by atomic mass is 79.9. The van der Waals surface area contributed by atoms with Crippen molar-refractivity contribution < 1.29 is 22.7 Å². The van der Waals surface area contributed by atoms with Crippen LogP contribution in [-0.2, 0) is 19.6 Å². The van der Waals surface area contributed by atoms with Gasteiger partial charge >= 0.3 is 5.97 Å². The molecule has 7 nitrogen and oxygen atoms in total. The fourth-order valence-electron chi connectivity index (χ4n) is 1.47. The van der Waals surface area contributed by atoms with Gasteiger partial charge in [-0.3, -0.25) is 4.79 Å². The van der Waals surface area contributed by atoms with Gasteiger partial charge in [0.15, 0.2) is 6.10 Å². The summed E-state index contributed by atoms with van der Waals surface area (Å²) >= 11 is 3.15. The molecular formula is C14H19BrN2O5S. The Morgan fingerprint density at radius 3 is 2.43 bits per heavy atom. The first-order chi connectivity index (χ1) is 10.5. The molecule has 0 unspecified atom stereocenters. The van der Waals surface area contributed by atoms with Crippen molar-refractivity contribution in [2.24, 2.45) is 11.7 Å². The van der Waals surface area contributed by atoms with E-state index < -0.39 is 28.0 Å². The lowest BCUT2D eigenvalue weighted by Gasteiger charge is -2.13. The van der Waals surface area contributed by atoms with Crippen LogP contribution < -0.4 is 10.5 Å². The van der Waals surface area contributed by atoms with Gasteiger partial charge in [-0.2, -0.15) is 0 Å². The topological polar surface area (TPSA) is 116 Å². The number of hydrogen-bond acceptors (Lipinski definition) is 5. The zero-order valence-electron chi connectivity index (χ0n) is 13.0. The highest BCUT2D eigenvalue weighted by molar-refractivity contribution is 9.10. The quantitative estimate of drug-likeness (QED) is 0.664. The first-order valence-electron chi connectivity index (χ1n) is 6.84. The second kappa shape index (κ2) is 7.89. The third-order valence-electron chi connectivity index (χ3n) is 2.83. The van der Waals surface area contributed by atoms with Crippen molar-refractivity contribution in [3.63, 3.8) is 0 Å². The van der Waals surface area contributed by atoms with E-state index in [1.54, 1.807) is 0 Å². The van der Waals surface area contributed by atoms with Crippen LogP contribution in [-0.4, -0.2) is 32.9 Å². The van der Waals surface area contributed by atoms with Gasteiger partial charge in [-0.25, -0.2) is 17.9 Å². The summed E-state index contributed by atoms with van der Waals surface area (Å²) in [5.41, 5.74) is 5.02. The van der Waals surface area contributed by atoms with E-state index in [0.29, 0.717) is 4.47 Å². The smallest absolute Gasteiger partial charge is 0.340 e. The summed E-state index contributed by atoms with van der Waals surface area (Å²) in [6, 6.07) is 3.97. The number of esters is 1. The van der Waals surface area contributed by atoms with E-state index in [9.17, 15) is 18.0 Å². The van der Waals surface area contributed by atoms with E-state index >= 15 is 0 Å². The molecule has 0 fully saturated rings. The second-order valence-electron chi connectivity index (χ2n) is 5.34. The van der Waals surface area contributed by atoms with Crippen molar-refractivity contribution >= 4 is 37.8 Å². The molecule has 0 bridgehead atoms. The van der Waals surface area contributed by atoms with Crippen LogP contribution in [0.15, 0.2) is 27.6 Å². The lowest BCUT2D eigenvalue weighted by atomic mass is 10.2. The molecule has 128 valence electrons. The molecule has 0 aliphatic carbocycles. The number of carbonyl (C=O) groups excluding carboxylic acids is 2. The van der Waals surface area contributed by atoms with Gasteiger partial charge in [-0.05, 0) is 47.0 Å². The molecule has 23 heavy (non-hydrogen) atoms. The molecule has 1 amide bonds. The van der Waals surface area contributed by atoms with Gasteiger partial charge in [0.1, 0.15) is 0 Å². The Bertz CT molecular complexity index is 703. The van der Waals surface area contributed by atoms with E-state index in [2.05, 4.69) is 20.7 Å². The lowest BCUT2D eigenvalue weighted by Crippen LogP contribution is -2.31. The lowest BCUT2D eigenvalue weighted by molar-refractivity contribution is -0.125. The number of nitrogens with one attached hydrogen (secondary N) is 1. The van der Waals surface area contributed by atoms with Crippen molar-refractivity contribution in [3.8, 4) is 0 Å². The number of primary amides is 1. The van der Waals surface area contributed by atoms with Crippen molar-refractivity contribution in [2.75, 3.05) is 6.54 Å². The first kappa shape index (κ1) is 19.6. The van der Waals surface area contributed by atoms with E-state index in [4.69, 9.17) is 10.5 Å². The SMILES string of the molecule is CC(C)CNS(=O)(=O)c1ccc(Br)c(C(=O)O[C@H](C)C(N)=O)c1. The molecule has 0 aliphatic rings. The summed E-state index contributed by atoms with van der Waals surface area (Å²) in [5.74, 6) is -1.50. The summed E-state index contributed by atoms with van der Waals surface area (Å²) in [4.78, 5) is 22.9.